The lowest BCUT2D eigenvalue weighted by molar-refractivity contribution is -0.118. The van der Waals surface area contributed by atoms with Crippen LogP contribution < -0.4 is 0 Å². The van der Waals surface area contributed by atoms with E-state index < -0.39 is 0 Å². The Kier molecular flexibility index (Phi) is 3.75. The summed E-state index contributed by atoms with van der Waals surface area (Å²) in [5.74, 6) is 1.78. The monoisotopic (exact) mass is 208 g/mol. The lowest BCUT2D eigenvalue weighted by Crippen LogP contribution is -2.22. The van der Waals surface area contributed by atoms with Gasteiger partial charge in [-0.25, -0.2) is 0 Å². The van der Waals surface area contributed by atoms with Gasteiger partial charge in [0.15, 0.2) is 0 Å². The Morgan fingerprint density at radius 3 is 2.40 bits per heavy atom. The lowest BCUT2D eigenvalue weighted by atomic mass is 9.76. The van der Waals surface area contributed by atoms with Crippen LogP contribution in [0.2, 0.25) is 0 Å². The van der Waals surface area contributed by atoms with Crippen molar-refractivity contribution in [1.82, 2.24) is 0 Å². The average Bonchev–Trinajstić information content (AvgIpc) is 2.39. The van der Waals surface area contributed by atoms with E-state index in [1.165, 1.54) is 12.8 Å². The van der Waals surface area contributed by atoms with Gasteiger partial charge in [0.1, 0.15) is 5.78 Å². The Hall–Kier alpha value is -0.590. The van der Waals surface area contributed by atoms with Crippen LogP contribution in [0.25, 0.3) is 0 Å². The topological polar surface area (TPSA) is 17.1 Å². The van der Waals surface area contributed by atoms with Crippen molar-refractivity contribution in [2.75, 3.05) is 0 Å². The van der Waals surface area contributed by atoms with Gasteiger partial charge in [0.2, 0.25) is 0 Å². The van der Waals surface area contributed by atoms with Crippen LogP contribution in [-0.2, 0) is 4.79 Å². The van der Waals surface area contributed by atoms with Gasteiger partial charge in [-0.3, -0.25) is 4.79 Å². The van der Waals surface area contributed by atoms with E-state index in [-0.39, 0.29) is 11.7 Å². The first-order valence-corrected chi connectivity index (χ1v) is 6.04. The van der Waals surface area contributed by atoms with Gasteiger partial charge in [-0.05, 0) is 37.0 Å². The van der Waals surface area contributed by atoms with E-state index in [4.69, 9.17) is 0 Å². The number of carbonyl (C=O) groups excluding carboxylic acids is 1. The largest absolute Gasteiger partial charge is 0.299 e. The highest BCUT2D eigenvalue weighted by atomic mass is 16.1. The second-order valence-corrected chi connectivity index (χ2v) is 5.69. The molecule has 1 heteroatoms. The predicted octanol–water partition coefficient (Wildman–Crippen LogP) is 3.84. The van der Waals surface area contributed by atoms with Crippen molar-refractivity contribution in [3.63, 3.8) is 0 Å². The third kappa shape index (κ3) is 2.70. The third-order valence-corrected chi connectivity index (χ3v) is 4.41. The molecule has 0 amide bonds. The van der Waals surface area contributed by atoms with E-state index in [1.807, 2.05) is 6.92 Å². The van der Waals surface area contributed by atoms with E-state index in [0.717, 1.165) is 5.92 Å². The third-order valence-electron chi connectivity index (χ3n) is 4.41. The van der Waals surface area contributed by atoms with Crippen molar-refractivity contribution >= 4 is 5.78 Å². The van der Waals surface area contributed by atoms with Gasteiger partial charge in [-0.2, -0.15) is 0 Å². The zero-order valence-electron chi connectivity index (χ0n) is 10.7. The maximum Gasteiger partial charge on any atom is 0.136 e. The van der Waals surface area contributed by atoms with Gasteiger partial charge in [-0.1, -0.05) is 39.8 Å². The quantitative estimate of drug-likeness (QED) is 0.644. The Labute approximate surface area is 93.9 Å². The Morgan fingerprint density at radius 1 is 1.40 bits per heavy atom. The molecule has 0 aromatic carbocycles. The minimum Gasteiger partial charge on any atom is -0.299 e. The molecule has 0 spiro atoms. The molecule has 0 heterocycles. The van der Waals surface area contributed by atoms with E-state index in [2.05, 4.69) is 32.9 Å². The second-order valence-electron chi connectivity index (χ2n) is 5.69. The summed E-state index contributed by atoms with van der Waals surface area (Å²) in [4.78, 5) is 11.1. The molecular formula is C14H24O. The van der Waals surface area contributed by atoms with Gasteiger partial charge in [0.25, 0.3) is 0 Å². The maximum absolute atomic E-state index is 11.1. The SMILES string of the molecule is CC(=O)C(C)C=CC1CCC(C)C1(C)C. The van der Waals surface area contributed by atoms with E-state index in [1.54, 1.807) is 6.92 Å². The highest BCUT2D eigenvalue weighted by Gasteiger charge is 2.38. The van der Waals surface area contributed by atoms with E-state index in [9.17, 15) is 4.79 Å². The second kappa shape index (κ2) is 4.51. The molecule has 3 unspecified atom stereocenters. The first-order valence-electron chi connectivity index (χ1n) is 6.04. The molecule has 0 saturated heterocycles. The van der Waals surface area contributed by atoms with Crippen molar-refractivity contribution in [2.45, 2.75) is 47.5 Å². The smallest absolute Gasteiger partial charge is 0.136 e. The summed E-state index contributed by atoms with van der Waals surface area (Å²) in [5, 5.41) is 0. The summed E-state index contributed by atoms with van der Waals surface area (Å²) >= 11 is 0. The molecule has 0 radical (unpaired) electrons. The molecule has 0 aromatic heterocycles. The molecule has 0 N–H and O–H groups in total. The molecule has 1 aliphatic rings. The fourth-order valence-electron chi connectivity index (χ4n) is 2.32. The van der Waals surface area contributed by atoms with Crippen molar-refractivity contribution in [1.29, 1.82) is 0 Å². The number of Topliss-reactive ketones (excluding diaryl/α,β-unsaturated/α-hetero) is 1. The molecule has 86 valence electrons. The normalized spacial score (nSPS) is 32.1. The number of hydrogen-bond donors (Lipinski definition) is 0. The van der Waals surface area contributed by atoms with Gasteiger partial charge in [0, 0.05) is 5.92 Å². The first-order chi connectivity index (χ1) is 6.85. The van der Waals surface area contributed by atoms with Crippen molar-refractivity contribution in [3.8, 4) is 0 Å². The van der Waals surface area contributed by atoms with Crippen LogP contribution in [0, 0.1) is 23.2 Å². The molecule has 1 aliphatic carbocycles. The Bertz CT molecular complexity index is 263. The van der Waals surface area contributed by atoms with Crippen LogP contribution in [-0.4, -0.2) is 5.78 Å². The van der Waals surface area contributed by atoms with Crippen LogP contribution in [0.1, 0.15) is 47.5 Å². The molecule has 0 aromatic rings. The molecule has 15 heavy (non-hydrogen) atoms. The molecule has 3 atom stereocenters. The van der Waals surface area contributed by atoms with Gasteiger partial charge >= 0.3 is 0 Å². The molecule has 1 nitrogen and oxygen atoms in total. The van der Waals surface area contributed by atoms with Crippen LogP contribution in [0.15, 0.2) is 12.2 Å². The minimum atomic E-state index is 0.0803. The Balaban J connectivity index is 2.64. The fraction of sp³-hybridized carbons (Fsp3) is 0.786. The summed E-state index contributed by atoms with van der Waals surface area (Å²) < 4.78 is 0. The lowest BCUT2D eigenvalue weighted by Gasteiger charge is -2.29. The summed E-state index contributed by atoms with van der Waals surface area (Å²) in [5.41, 5.74) is 0.396. The van der Waals surface area contributed by atoms with Crippen LogP contribution in [0.4, 0.5) is 0 Å². The van der Waals surface area contributed by atoms with Crippen LogP contribution in [0.3, 0.4) is 0 Å². The molecule has 1 fully saturated rings. The van der Waals surface area contributed by atoms with Crippen molar-refractivity contribution < 1.29 is 4.79 Å². The molecule has 1 saturated carbocycles. The Morgan fingerprint density at radius 2 is 2.00 bits per heavy atom. The highest BCUT2D eigenvalue weighted by molar-refractivity contribution is 5.79. The average molecular weight is 208 g/mol. The number of hydrogen-bond acceptors (Lipinski definition) is 1. The molecule has 1 rings (SSSR count). The minimum absolute atomic E-state index is 0.0803. The van der Waals surface area contributed by atoms with Crippen molar-refractivity contribution in [3.05, 3.63) is 12.2 Å². The summed E-state index contributed by atoms with van der Waals surface area (Å²) in [6.07, 6.45) is 6.95. The maximum atomic E-state index is 11.1. The molecular weight excluding hydrogens is 184 g/mol. The standard InChI is InChI=1S/C14H24O/c1-10(12(3)15)6-8-13-9-7-11(2)14(13,4)5/h6,8,10-11,13H,7,9H2,1-5H3. The van der Waals surface area contributed by atoms with Gasteiger partial charge in [0.05, 0.1) is 0 Å². The van der Waals surface area contributed by atoms with E-state index >= 15 is 0 Å². The summed E-state index contributed by atoms with van der Waals surface area (Å²) in [7, 11) is 0. The van der Waals surface area contributed by atoms with Crippen LogP contribution >= 0.6 is 0 Å². The fourth-order valence-corrected chi connectivity index (χ4v) is 2.32. The van der Waals surface area contributed by atoms with Crippen LogP contribution in [0.5, 0.6) is 0 Å². The van der Waals surface area contributed by atoms with Gasteiger partial charge in [-0.15, -0.1) is 0 Å². The first kappa shape index (κ1) is 12.5. The number of carbonyl (C=O) groups is 1. The molecule has 0 bridgehead atoms. The summed E-state index contributed by atoms with van der Waals surface area (Å²) in [6, 6.07) is 0. The zero-order chi connectivity index (χ0) is 11.6. The van der Waals surface area contributed by atoms with E-state index in [0.29, 0.717) is 11.3 Å². The van der Waals surface area contributed by atoms with Crippen molar-refractivity contribution in [2.24, 2.45) is 23.2 Å². The highest BCUT2D eigenvalue weighted by Crippen LogP contribution is 2.47. The van der Waals surface area contributed by atoms with Gasteiger partial charge < -0.3 is 0 Å². The molecule has 0 aliphatic heterocycles. The number of rotatable bonds is 3. The number of ketones is 1. The zero-order valence-corrected chi connectivity index (χ0v) is 10.7. The number of allylic oxidation sites excluding steroid dienone is 2. The predicted molar refractivity (Wildman–Crippen MR) is 64.7 cm³/mol. The summed E-state index contributed by atoms with van der Waals surface area (Å²) in [6.45, 7) is 10.7.